The van der Waals surface area contributed by atoms with E-state index >= 15 is 0 Å². The predicted octanol–water partition coefficient (Wildman–Crippen LogP) is 3.67. The van der Waals surface area contributed by atoms with Gasteiger partial charge in [-0.1, -0.05) is 37.1 Å². The topological polar surface area (TPSA) is 46.3 Å². The van der Waals surface area contributed by atoms with Crippen LogP contribution in [0.5, 0.6) is 0 Å². The fraction of sp³-hybridized carbons (Fsp3) is 0.471. The molecule has 0 aliphatic rings. The molecule has 0 radical (unpaired) electrons. The van der Waals surface area contributed by atoms with Gasteiger partial charge in [0.05, 0.1) is 0 Å². The second kappa shape index (κ2) is 12.2. The third-order valence-corrected chi connectivity index (χ3v) is 3.37. The first kappa shape index (κ1) is 20.6. The molecule has 0 aliphatic heterocycles. The first-order valence-corrected chi connectivity index (χ1v) is 7.51. The van der Waals surface area contributed by atoms with E-state index < -0.39 is 0 Å². The molecule has 0 saturated carbocycles. The van der Waals surface area contributed by atoms with Crippen molar-refractivity contribution in [2.24, 2.45) is 5.73 Å². The van der Waals surface area contributed by atoms with Crippen LogP contribution in [-0.2, 0) is 11.3 Å². The lowest BCUT2D eigenvalue weighted by Gasteiger charge is -2.21. The minimum Gasteiger partial charge on any atom is -0.335 e. The van der Waals surface area contributed by atoms with E-state index in [1.54, 1.807) is 29.2 Å². The Morgan fingerprint density at radius 2 is 1.91 bits per heavy atom. The number of unbranched alkanes of at least 4 members (excludes halogenated alkanes) is 3. The molecule has 3 nitrogen and oxygen atoms in total. The van der Waals surface area contributed by atoms with E-state index in [-0.39, 0.29) is 24.1 Å². The number of nitrogens with two attached hydrogens (primary N) is 1. The zero-order valence-corrected chi connectivity index (χ0v) is 13.8. The molecule has 0 aliphatic carbocycles. The van der Waals surface area contributed by atoms with Crippen LogP contribution in [0.25, 0.3) is 0 Å². The lowest BCUT2D eigenvalue weighted by atomic mass is 10.1. The molecule has 0 spiro atoms. The number of carbonyl (C=O) groups excluding carboxylic acids is 1. The van der Waals surface area contributed by atoms with Crippen LogP contribution in [0.1, 0.15) is 37.7 Å². The zero-order valence-electron chi connectivity index (χ0n) is 13.0. The third-order valence-electron chi connectivity index (χ3n) is 3.37. The summed E-state index contributed by atoms with van der Waals surface area (Å²) < 4.78 is 13.7. The minimum absolute atomic E-state index is 0. The number of benzene rings is 1. The number of amides is 1. The quantitative estimate of drug-likeness (QED) is 0.526. The first-order chi connectivity index (χ1) is 10.2. The van der Waals surface area contributed by atoms with Crippen molar-refractivity contribution in [3.8, 4) is 0 Å². The van der Waals surface area contributed by atoms with Gasteiger partial charge in [0.1, 0.15) is 5.82 Å². The van der Waals surface area contributed by atoms with Gasteiger partial charge in [-0.3, -0.25) is 4.79 Å². The maximum Gasteiger partial charge on any atom is 0.223 e. The molecule has 1 rings (SSSR count). The Morgan fingerprint density at radius 1 is 1.23 bits per heavy atom. The van der Waals surface area contributed by atoms with Crippen molar-refractivity contribution in [1.82, 2.24) is 4.90 Å². The predicted molar refractivity (Wildman–Crippen MR) is 91.4 cm³/mol. The van der Waals surface area contributed by atoms with Crippen molar-refractivity contribution in [2.45, 2.75) is 38.6 Å². The Kier molecular flexibility index (Phi) is 11.4. The van der Waals surface area contributed by atoms with E-state index in [0.29, 0.717) is 31.6 Å². The summed E-state index contributed by atoms with van der Waals surface area (Å²) in [4.78, 5) is 13.9. The Morgan fingerprint density at radius 3 is 2.55 bits per heavy atom. The highest BCUT2D eigenvalue weighted by Crippen LogP contribution is 2.12. The smallest absolute Gasteiger partial charge is 0.223 e. The van der Waals surface area contributed by atoms with E-state index in [1.807, 2.05) is 0 Å². The number of nitrogens with zero attached hydrogens (tertiary/aromatic N) is 1. The molecule has 1 aromatic rings. The van der Waals surface area contributed by atoms with E-state index in [1.165, 1.54) is 6.07 Å². The summed E-state index contributed by atoms with van der Waals surface area (Å²) >= 11 is 0. The Hall–Kier alpha value is -1.39. The second-order valence-corrected chi connectivity index (χ2v) is 5.11. The molecular formula is C17H26ClFN2O. The van der Waals surface area contributed by atoms with E-state index in [0.717, 1.165) is 25.7 Å². The molecule has 0 aromatic heterocycles. The van der Waals surface area contributed by atoms with Crippen molar-refractivity contribution in [1.29, 1.82) is 0 Å². The van der Waals surface area contributed by atoms with Crippen molar-refractivity contribution in [2.75, 3.05) is 13.1 Å². The number of hydrogen-bond donors (Lipinski definition) is 1. The summed E-state index contributed by atoms with van der Waals surface area (Å²) in [5, 5.41) is 0. The summed E-state index contributed by atoms with van der Waals surface area (Å²) in [6.45, 7) is 5.10. The van der Waals surface area contributed by atoms with E-state index in [2.05, 4.69) is 6.58 Å². The van der Waals surface area contributed by atoms with E-state index in [4.69, 9.17) is 5.73 Å². The Bertz CT molecular complexity index is 454. The summed E-state index contributed by atoms with van der Waals surface area (Å²) in [5.74, 6) is -0.229. The standard InChI is InChI=1S/C17H25FN2O.ClH/c1-2-13-20(14-15-9-6-7-10-16(15)18)17(21)11-5-3-4-8-12-19;/h2,6-7,9-10H,1,3-5,8,11-14,19H2;1H. The van der Waals surface area contributed by atoms with Crippen LogP contribution in [0.3, 0.4) is 0 Å². The first-order valence-electron chi connectivity index (χ1n) is 7.51. The molecule has 5 heteroatoms. The van der Waals surface area contributed by atoms with Crippen LogP contribution >= 0.6 is 12.4 Å². The number of hydrogen-bond acceptors (Lipinski definition) is 2. The van der Waals surface area contributed by atoms with Gasteiger partial charge in [-0.2, -0.15) is 0 Å². The zero-order chi connectivity index (χ0) is 15.5. The fourth-order valence-corrected chi connectivity index (χ4v) is 2.17. The van der Waals surface area contributed by atoms with Crippen LogP contribution in [0, 0.1) is 5.82 Å². The van der Waals surface area contributed by atoms with Gasteiger partial charge >= 0.3 is 0 Å². The number of rotatable bonds is 10. The molecule has 0 unspecified atom stereocenters. The van der Waals surface area contributed by atoms with Crippen LogP contribution in [0.4, 0.5) is 4.39 Å². The Labute approximate surface area is 138 Å². The van der Waals surface area contributed by atoms with Gasteiger partial charge in [-0.15, -0.1) is 19.0 Å². The maximum absolute atomic E-state index is 13.7. The summed E-state index contributed by atoms with van der Waals surface area (Å²) in [6, 6.07) is 6.55. The molecule has 2 N–H and O–H groups in total. The van der Waals surface area contributed by atoms with Crippen LogP contribution < -0.4 is 5.73 Å². The number of halogens is 2. The van der Waals surface area contributed by atoms with Crippen molar-refractivity contribution >= 4 is 18.3 Å². The molecule has 22 heavy (non-hydrogen) atoms. The summed E-state index contributed by atoms with van der Waals surface area (Å²) in [7, 11) is 0. The average molecular weight is 329 g/mol. The van der Waals surface area contributed by atoms with Gasteiger partial charge in [0.15, 0.2) is 0 Å². The minimum atomic E-state index is -0.276. The fourth-order valence-electron chi connectivity index (χ4n) is 2.17. The van der Waals surface area contributed by atoms with Gasteiger partial charge in [0, 0.05) is 25.1 Å². The highest BCUT2D eigenvalue weighted by atomic mass is 35.5. The summed E-state index contributed by atoms with van der Waals surface area (Å²) in [5.41, 5.74) is 5.97. The van der Waals surface area contributed by atoms with Gasteiger partial charge in [-0.05, 0) is 25.5 Å². The van der Waals surface area contributed by atoms with Gasteiger partial charge < -0.3 is 10.6 Å². The monoisotopic (exact) mass is 328 g/mol. The highest BCUT2D eigenvalue weighted by molar-refractivity contribution is 5.85. The normalized spacial score (nSPS) is 9.91. The molecule has 0 fully saturated rings. The number of carbonyl (C=O) groups is 1. The molecule has 0 saturated heterocycles. The molecule has 1 amide bonds. The average Bonchev–Trinajstić information content (AvgIpc) is 2.48. The molecule has 0 heterocycles. The van der Waals surface area contributed by atoms with Gasteiger partial charge in [0.25, 0.3) is 0 Å². The highest BCUT2D eigenvalue weighted by Gasteiger charge is 2.14. The maximum atomic E-state index is 13.7. The van der Waals surface area contributed by atoms with Gasteiger partial charge in [0.2, 0.25) is 5.91 Å². The molecular weight excluding hydrogens is 303 g/mol. The SMILES string of the molecule is C=CCN(Cc1ccccc1F)C(=O)CCCCCCN.Cl. The van der Waals surface area contributed by atoms with Crippen molar-refractivity contribution in [3.05, 3.63) is 48.3 Å². The molecule has 1 aromatic carbocycles. The van der Waals surface area contributed by atoms with E-state index in [9.17, 15) is 9.18 Å². The van der Waals surface area contributed by atoms with Crippen LogP contribution in [0.15, 0.2) is 36.9 Å². The molecule has 0 atom stereocenters. The largest absolute Gasteiger partial charge is 0.335 e. The third kappa shape index (κ3) is 7.57. The Balaban J connectivity index is 0.00000441. The molecule has 0 bridgehead atoms. The second-order valence-electron chi connectivity index (χ2n) is 5.11. The van der Waals surface area contributed by atoms with Gasteiger partial charge in [-0.25, -0.2) is 4.39 Å². The lowest BCUT2D eigenvalue weighted by molar-refractivity contribution is -0.131. The van der Waals surface area contributed by atoms with Crippen molar-refractivity contribution in [3.63, 3.8) is 0 Å². The lowest BCUT2D eigenvalue weighted by Crippen LogP contribution is -2.30. The van der Waals surface area contributed by atoms with Crippen molar-refractivity contribution < 1.29 is 9.18 Å². The van der Waals surface area contributed by atoms with Crippen LogP contribution in [-0.4, -0.2) is 23.9 Å². The molecule has 124 valence electrons. The van der Waals surface area contributed by atoms with Crippen LogP contribution in [0.2, 0.25) is 0 Å². The summed E-state index contributed by atoms with van der Waals surface area (Å²) in [6.07, 6.45) is 6.08.